The van der Waals surface area contributed by atoms with E-state index in [1.807, 2.05) is 18.9 Å². The second-order valence-corrected chi connectivity index (χ2v) is 10.3. The number of nitrogens with zero attached hydrogens (tertiary/aromatic N) is 6. The molecule has 4 atom stereocenters. The van der Waals surface area contributed by atoms with Crippen LogP contribution >= 0.6 is 0 Å². The van der Waals surface area contributed by atoms with E-state index in [9.17, 15) is 5.11 Å². The third-order valence-corrected chi connectivity index (χ3v) is 7.60. The predicted molar refractivity (Wildman–Crippen MR) is 130 cm³/mol. The zero-order valence-corrected chi connectivity index (χ0v) is 20.4. The Hall–Kier alpha value is -3.60. The number of halogens is 1. The number of benzene rings is 1. The summed E-state index contributed by atoms with van der Waals surface area (Å²) < 4.78 is 26.4. The topological polar surface area (TPSA) is 118 Å². The van der Waals surface area contributed by atoms with Crippen molar-refractivity contribution >= 4 is 5.82 Å². The van der Waals surface area contributed by atoms with E-state index in [0.717, 1.165) is 12.8 Å². The van der Waals surface area contributed by atoms with Crippen LogP contribution in [0.2, 0.25) is 0 Å². The van der Waals surface area contributed by atoms with E-state index in [-0.39, 0.29) is 23.2 Å². The van der Waals surface area contributed by atoms with Crippen LogP contribution in [-0.4, -0.2) is 73.8 Å². The van der Waals surface area contributed by atoms with Crippen LogP contribution in [0.3, 0.4) is 0 Å². The minimum Gasteiger partial charge on any atom is -0.507 e. The molecule has 1 aromatic carbocycles. The molecule has 0 unspecified atom stereocenters. The van der Waals surface area contributed by atoms with Gasteiger partial charge in [-0.05, 0) is 45.2 Å². The molecule has 3 aromatic rings. The van der Waals surface area contributed by atoms with Crippen LogP contribution in [0.25, 0.3) is 22.6 Å². The number of anilines is 1. The first-order valence-corrected chi connectivity index (χ1v) is 12.1. The third kappa shape index (κ3) is 3.78. The van der Waals surface area contributed by atoms with Gasteiger partial charge in [0.25, 0.3) is 11.8 Å². The smallest absolute Gasteiger partial charge is 0.278 e. The molecule has 2 saturated heterocycles. The molecule has 2 fully saturated rings. The molecule has 0 amide bonds. The van der Waals surface area contributed by atoms with Crippen molar-refractivity contribution in [2.24, 2.45) is 0 Å². The first-order valence-electron chi connectivity index (χ1n) is 12.1. The average molecular weight is 494 g/mol. The second kappa shape index (κ2) is 8.22. The first-order chi connectivity index (χ1) is 17.2. The summed E-state index contributed by atoms with van der Waals surface area (Å²) in [6.45, 7) is 4.96. The van der Waals surface area contributed by atoms with E-state index in [0.29, 0.717) is 54.0 Å². The Balaban J connectivity index is 1.22. The molecule has 188 valence electrons. The Morgan fingerprint density at radius 2 is 1.89 bits per heavy atom. The minimum absolute atomic E-state index is 0.0216. The molecule has 36 heavy (non-hydrogen) atoms. The van der Waals surface area contributed by atoms with Gasteiger partial charge in [0, 0.05) is 23.7 Å². The molecule has 0 radical (unpaired) electrons. The SMILES string of the molecule is CN(c1cnc(-c2ccc(-c3cnc4c(n3)OCCO4)cc2O)nn1)[C@@H]1C[C@@]2(C)CC[C@](C)(N2)[C@@H]1F. The highest BCUT2D eigenvalue weighted by Gasteiger charge is 2.56. The Labute approximate surface area is 207 Å². The zero-order chi connectivity index (χ0) is 25.1. The lowest BCUT2D eigenvalue weighted by Crippen LogP contribution is -2.65. The van der Waals surface area contributed by atoms with Gasteiger partial charge in [-0.2, -0.15) is 0 Å². The number of rotatable bonds is 4. The molecular weight excluding hydrogens is 465 g/mol. The first kappa shape index (κ1) is 22.8. The molecule has 0 aliphatic carbocycles. The zero-order valence-electron chi connectivity index (χ0n) is 20.4. The van der Waals surface area contributed by atoms with Crippen molar-refractivity contribution in [1.29, 1.82) is 0 Å². The van der Waals surface area contributed by atoms with Gasteiger partial charge in [0.15, 0.2) is 11.6 Å². The number of fused-ring (bicyclic) bond motifs is 3. The number of alkyl halides is 1. The van der Waals surface area contributed by atoms with Gasteiger partial charge in [-0.25, -0.2) is 19.3 Å². The maximum Gasteiger partial charge on any atom is 0.278 e. The Morgan fingerprint density at radius 1 is 1.08 bits per heavy atom. The Bertz CT molecular complexity index is 1310. The number of nitrogens with one attached hydrogen (secondary N) is 1. The molecule has 3 aliphatic heterocycles. The van der Waals surface area contributed by atoms with Gasteiger partial charge in [-0.1, -0.05) is 6.07 Å². The van der Waals surface area contributed by atoms with Gasteiger partial charge >= 0.3 is 0 Å². The molecule has 2 bridgehead atoms. The van der Waals surface area contributed by atoms with Crippen molar-refractivity contribution in [2.45, 2.75) is 56.4 Å². The third-order valence-electron chi connectivity index (χ3n) is 7.60. The van der Waals surface area contributed by atoms with Crippen LogP contribution in [0.4, 0.5) is 10.2 Å². The van der Waals surface area contributed by atoms with E-state index < -0.39 is 11.7 Å². The fraction of sp³-hybridized carbons (Fsp3) is 0.480. The summed E-state index contributed by atoms with van der Waals surface area (Å²) in [5.41, 5.74) is 0.987. The fourth-order valence-corrected chi connectivity index (χ4v) is 5.61. The van der Waals surface area contributed by atoms with E-state index in [1.54, 1.807) is 30.6 Å². The van der Waals surface area contributed by atoms with Crippen LogP contribution in [0, 0.1) is 0 Å². The highest BCUT2D eigenvalue weighted by molar-refractivity contribution is 5.71. The number of aromatic hydroxyl groups is 1. The maximum atomic E-state index is 15.5. The molecular formula is C25H28FN7O3. The van der Waals surface area contributed by atoms with Gasteiger partial charge < -0.3 is 24.8 Å². The maximum absolute atomic E-state index is 15.5. The summed E-state index contributed by atoms with van der Waals surface area (Å²) in [7, 11) is 1.83. The molecule has 6 rings (SSSR count). The van der Waals surface area contributed by atoms with Gasteiger partial charge in [0.05, 0.1) is 29.7 Å². The fourth-order valence-electron chi connectivity index (χ4n) is 5.61. The van der Waals surface area contributed by atoms with E-state index >= 15 is 4.39 Å². The average Bonchev–Trinajstić information content (AvgIpc) is 3.17. The number of phenols is 1. The van der Waals surface area contributed by atoms with Crippen molar-refractivity contribution in [3.63, 3.8) is 0 Å². The van der Waals surface area contributed by atoms with Gasteiger partial charge in [0.1, 0.15) is 25.1 Å². The second-order valence-electron chi connectivity index (χ2n) is 10.3. The van der Waals surface area contributed by atoms with Gasteiger partial charge in [-0.15, -0.1) is 10.2 Å². The van der Waals surface area contributed by atoms with Gasteiger partial charge in [0.2, 0.25) is 0 Å². The lowest BCUT2D eigenvalue weighted by Gasteiger charge is -2.47. The largest absolute Gasteiger partial charge is 0.507 e. The highest BCUT2D eigenvalue weighted by atomic mass is 19.1. The van der Waals surface area contributed by atoms with Crippen molar-refractivity contribution in [3.05, 3.63) is 30.6 Å². The number of piperidine rings is 1. The summed E-state index contributed by atoms with van der Waals surface area (Å²) in [6.07, 6.45) is 4.53. The molecule has 11 heteroatoms. The van der Waals surface area contributed by atoms with E-state index in [2.05, 4.69) is 37.4 Å². The number of ether oxygens (including phenoxy) is 2. The molecule has 3 aliphatic rings. The molecule has 0 spiro atoms. The Morgan fingerprint density at radius 3 is 2.64 bits per heavy atom. The number of phenolic OH excluding ortho intramolecular Hbond substituents is 1. The highest BCUT2D eigenvalue weighted by Crippen LogP contribution is 2.45. The quantitative estimate of drug-likeness (QED) is 0.562. The van der Waals surface area contributed by atoms with E-state index in [4.69, 9.17) is 9.47 Å². The van der Waals surface area contributed by atoms with Crippen LogP contribution in [0.1, 0.15) is 33.1 Å². The standard InChI is InChI=1S/C25H28FN7O3/c1-24-6-7-25(2,32-24)20(26)17(11-24)33(3)19-13-27-21(31-30-19)15-5-4-14(10-18(15)34)16-12-28-22-23(29-16)36-9-8-35-22/h4-5,10,12-13,17,20,32,34H,6-9,11H2,1-3H3/t17-,20-,24-,25+/m1/s1. The monoisotopic (exact) mass is 493 g/mol. The minimum atomic E-state index is -1.04. The predicted octanol–water partition coefficient (Wildman–Crippen LogP) is 2.92. The molecule has 2 aromatic heterocycles. The summed E-state index contributed by atoms with van der Waals surface area (Å²) >= 11 is 0. The Kier molecular flexibility index (Phi) is 5.22. The van der Waals surface area contributed by atoms with Crippen LogP contribution in [0.15, 0.2) is 30.6 Å². The lowest BCUT2D eigenvalue weighted by atomic mass is 9.82. The summed E-state index contributed by atoms with van der Waals surface area (Å²) in [6, 6.07) is 4.73. The summed E-state index contributed by atoms with van der Waals surface area (Å²) in [4.78, 5) is 14.9. The van der Waals surface area contributed by atoms with Crippen molar-refractivity contribution < 1.29 is 19.0 Å². The number of hydrogen-bond donors (Lipinski definition) is 2. The molecule has 10 nitrogen and oxygen atoms in total. The van der Waals surface area contributed by atoms with Crippen molar-refractivity contribution in [3.8, 4) is 40.2 Å². The van der Waals surface area contributed by atoms with E-state index in [1.165, 1.54) is 0 Å². The molecule has 5 heterocycles. The summed E-state index contributed by atoms with van der Waals surface area (Å²) in [5.74, 6) is 1.42. The number of hydrogen-bond acceptors (Lipinski definition) is 10. The van der Waals surface area contributed by atoms with Crippen LogP contribution in [-0.2, 0) is 0 Å². The van der Waals surface area contributed by atoms with Crippen LogP contribution in [0.5, 0.6) is 17.5 Å². The summed E-state index contributed by atoms with van der Waals surface area (Å²) in [5, 5.41) is 22.7. The van der Waals surface area contributed by atoms with Gasteiger partial charge in [-0.3, -0.25) is 0 Å². The number of aromatic nitrogens is 5. The lowest BCUT2D eigenvalue weighted by molar-refractivity contribution is 0.0859. The normalized spacial score (nSPS) is 28.7. The van der Waals surface area contributed by atoms with Crippen molar-refractivity contribution in [1.82, 2.24) is 30.5 Å². The van der Waals surface area contributed by atoms with Crippen molar-refractivity contribution in [2.75, 3.05) is 25.2 Å². The van der Waals surface area contributed by atoms with Crippen LogP contribution < -0.4 is 19.7 Å². The molecule has 0 saturated carbocycles. The molecule has 2 N–H and O–H groups in total.